The van der Waals surface area contributed by atoms with E-state index in [1.807, 2.05) is 0 Å². The van der Waals surface area contributed by atoms with Crippen LogP contribution in [0.4, 0.5) is 0 Å². The van der Waals surface area contributed by atoms with Crippen LogP contribution < -0.4 is 0 Å². The van der Waals surface area contributed by atoms with Crippen molar-refractivity contribution in [1.82, 2.24) is 0 Å². The summed E-state index contributed by atoms with van der Waals surface area (Å²) in [5, 5.41) is 0. The molecule has 0 spiro atoms. The van der Waals surface area contributed by atoms with E-state index < -0.39 is 0 Å². The zero-order chi connectivity index (χ0) is 13.0. The van der Waals surface area contributed by atoms with Crippen LogP contribution in [0.1, 0.15) is 56.6 Å². The van der Waals surface area contributed by atoms with Crippen LogP contribution in [0.5, 0.6) is 0 Å². The Morgan fingerprint density at radius 3 is 2.83 bits per heavy atom. The molecule has 2 atom stereocenters. The number of hydrogen-bond acceptors (Lipinski definition) is 0. The summed E-state index contributed by atoms with van der Waals surface area (Å²) < 4.78 is 0. The van der Waals surface area contributed by atoms with Gasteiger partial charge in [0.2, 0.25) is 0 Å². The Bertz CT molecular complexity index is 439. The average Bonchev–Trinajstić information content (AvgIpc) is 2.38. The molecule has 0 nitrogen and oxygen atoms in total. The van der Waals surface area contributed by atoms with Crippen LogP contribution in [0.25, 0.3) is 5.57 Å². The van der Waals surface area contributed by atoms with Crippen molar-refractivity contribution < 1.29 is 0 Å². The van der Waals surface area contributed by atoms with Gasteiger partial charge in [-0.1, -0.05) is 69.7 Å². The third-order valence-corrected chi connectivity index (χ3v) is 4.09. The second-order valence-corrected chi connectivity index (χ2v) is 5.48. The van der Waals surface area contributed by atoms with Crippen molar-refractivity contribution in [1.29, 1.82) is 0 Å². The van der Waals surface area contributed by atoms with Gasteiger partial charge in [0.1, 0.15) is 0 Å². The molecule has 0 radical (unpaired) electrons. The number of hydrogen-bond donors (Lipinski definition) is 0. The highest BCUT2D eigenvalue weighted by molar-refractivity contribution is 5.74. The maximum atomic E-state index is 4.21. The third-order valence-electron chi connectivity index (χ3n) is 4.09. The number of fused-ring (bicyclic) bond motifs is 1. The lowest BCUT2D eigenvalue weighted by molar-refractivity contribution is 0.424. The molecule has 96 valence electrons. The van der Waals surface area contributed by atoms with Gasteiger partial charge in [0.15, 0.2) is 0 Å². The molecule has 0 amide bonds. The molecule has 0 aliphatic heterocycles. The van der Waals surface area contributed by atoms with Crippen molar-refractivity contribution in [3.05, 3.63) is 54.1 Å². The average molecular weight is 240 g/mol. The molecule has 1 aromatic rings. The van der Waals surface area contributed by atoms with E-state index in [2.05, 4.69) is 56.8 Å². The molecule has 0 heterocycles. The molecule has 2 rings (SSSR count). The smallest absolute Gasteiger partial charge is 0.0127 e. The molecule has 0 fully saturated rings. The number of benzene rings is 1. The number of rotatable bonds is 3. The highest BCUT2D eigenvalue weighted by Gasteiger charge is 2.22. The maximum absolute atomic E-state index is 4.21. The van der Waals surface area contributed by atoms with Gasteiger partial charge in [0.05, 0.1) is 0 Å². The van der Waals surface area contributed by atoms with Gasteiger partial charge in [-0.2, -0.15) is 0 Å². The van der Waals surface area contributed by atoms with Crippen LogP contribution in [-0.4, -0.2) is 0 Å². The molecule has 2 unspecified atom stereocenters. The first-order chi connectivity index (χ1) is 8.74. The standard InChI is InChI=1S/C18H24/c1-4-5-11-16-14(2)9-8-10-15(3)17-12-6-7-13-18(16)17/h6-8,10,12-14,16H,3-5,9,11H2,1-2H3. The zero-order valence-electron chi connectivity index (χ0n) is 11.7. The fourth-order valence-electron chi connectivity index (χ4n) is 2.96. The summed E-state index contributed by atoms with van der Waals surface area (Å²) in [6.07, 6.45) is 9.55. The van der Waals surface area contributed by atoms with E-state index in [-0.39, 0.29) is 0 Å². The predicted octanol–water partition coefficient (Wildman–Crippen LogP) is 5.57. The van der Waals surface area contributed by atoms with Gasteiger partial charge in [-0.15, -0.1) is 0 Å². The minimum absolute atomic E-state index is 0.683. The van der Waals surface area contributed by atoms with Gasteiger partial charge in [-0.3, -0.25) is 0 Å². The minimum atomic E-state index is 0.683. The Hall–Kier alpha value is -1.30. The lowest BCUT2D eigenvalue weighted by Gasteiger charge is -2.27. The van der Waals surface area contributed by atoms with E-state index in [0.29, 0.717) is 5.92 Å². The summed E-state index contributed by atoms with van der Waals surface area (Å²) >= 11 is 0. The molecule has 1 aliphatic carbocycles. The maximum Gasteiger partial charge on any atom is -0.0127 e. The van der Waals surface area contributed by atoms with Crippen molar-refractivity contribution in [3.8, 4) is 0 Å². The largest absolute Gasteiger partial charge is 0.0912 e. The second-order valence-electron chi connectivity index (χ2n) is 5.48. The Labute approximate surface area is 111 Å². The van der Waals surface area contributed by atoms with E-state index in [1.54, 1.807) is 0 Å². The molecule has 1 aromatic carbocycles. The molecular weight excluding hydrogens is 216 g/mol. The molecule has 0 aromatic heterocycles. The highest BCUT2D eigenvalue weighted by Crippen LogP contribution is 2.38. The van der Waals surface area contributed by atoms with Crippen molar-refractivity contribution >= 4 is 5.57 Å². The van der Waals surface area contributed by atoms with E-state index in [1.165, 1.54) is 42.4 Å². The van der Waals surface area contributed by atoms with Crippen LogP contribution in [0.15, 0.2) is 43.0 Å². The summed E-state index contributed by atoms with van der Waals surface area (Å²) in [6.45, 7) is 8.87. The van der Waals surface area contributed by atoms with Gasteiger partial charge < -0.3 is 0 Å². The minimum Gasteiger partial charge on any atom is -0.0912 e. The molecule has 0 saturated heterocycles. The van der Waals surface area contributed by atoms with Crippen molar-refractivity contribution in [2.75, 3.05) is 0 Å². The predicted molar refractivity (Wildman–Crippen MR) is 80.7 cm³/mol. The molecule has 0 heteroatoms. The fourth-order valence-corrected chi connectivity index (χ4v) is 2.96. The van der Waals surface area contributed by atoms with Crippen molar-refractivity contribution in [2.45, 2.75) is 45.4 Å². The highest BCUT2D eigenvalue weighted by atomic mass is 14.3. The summed E-state index contributed by atoms with van der Waals surface area (Å²) in [7, 11) is 0. The first kappa shape index (κ1) is 13.1. The van der Waals surface area contributed by atoms with Gasteiger partial charge in [-0.05, 0) is 41.4 Å². The van der Waals surface area contributed by atoms with Gasteiger partial charge in [-0.25, -0.2) is 0 Å². The molecule has 18 heavy (non-hydrogen) atoms. The molecule has 0 bridgehead atoms. The Morgan fingerprint density at radius 2 is 2.06 bits per heavy atom. The normalized spacial score (nSPS) is 23.3. The van der Waals surface area contributed by atoms with Gasteiger partial charge >= 0.3 is 0 Å². The van der Waals surface area contributed by atoms with Crippen LogP contribution in [0.2, 0.25) is 0 Å². The fraction of sp³-hybridized carbons (Fsp3) is 0.444. The summed E-state index contributed by atoms with van der Waals surface area (Å²) in [4.78, 5) is 0. The van der Waals surface area contributed by atoms with E-state index in [9.17, 15) is 0 Å². The first-order valence-corrected chi connectivity index (χ1v) is 7.18. The zero-order valence-corrected chi connectivity index (χ0v) is 11.7. The monoisotopic (exact) mass is 240 g/mol. The van der Waals surface area contributed by atoms with Crippen LogP contribution >= 0.6 is 0 Å². The number of allylic oxidation sites excluding steroid dienone is 3. The Morgan fingerprint density at radius 1 is 1.28 bits per heavy atom. The van der Waals surface area contributed by atoms with Gasteiger partial charge in [0.25, 0.3) is 0 Å². The third kappa shape index (κ3) is 2.75. The Balaban J connectivity index is 2.40. The number of unbranched alkanes of at least 4 members (excludes halogenated alkanes) is 1. The van der Waals surface area contributed by atoms with Crippen molar-refractivity contribution in [3.63, 3.8) is 0 Å². The Kier molecular flexibility index (Phi) is 4.41. The summed E-state index contributed by atoms with van der Waals surface area (Å²) in [5.74, 6) is 1.41. The quantitative estimate of drug-likeness (QED) is 0.648. The summed E-state index contributed by atoms with van der Waals surface area (Å²) in [6, 6.07) is 8.82. The van der Waals surface area contributed by atoms with Crippen molar-refractivity contribution in [2.24, 2.45) is 5.92 Å². The lowest BCUT2D eigenvalue weighted by Crippen LogP contribution is -2.13. The lowest BCUT2D eigenvalue weighted by atomic mass is 9.77. The van der Waals surface area contributed by atoms with Gasteiger partial charge in [0, 0.05) is 0 Å². The van der Waals surface area contributed by atoms with Crippen LogP contribution in [0, 0.1) is 5.92 Å². The topological polar surface area (TPSA) is 0 Å². The van der Waals surface area contributed by atoms with E-state index in [4.69, 9.17) is 0 Å². The van der Waals surface area contributed by atoms with E-state index >= 15 is 0 Å². The van der Waals surface area contributed by atoms with Crippen LogP contribution in [-0.2, 0) is 0 Å². The van der Waals surface area contributed by atoms with E-state index in [0.717, 1.165) is 5.92 Å². The molecular formula is C18H24. The molecule has 0 N–H and O–H groups in total. The molecule has 0 saturated carbocycles. The second kappa shape index (κ2) is 6.04. The first-order valence-electron chi connectivity index (χ1n) is 7.18. The summed E-state index contributed by atoms with van der Waals surface area (Å²) in [5.41, 5.74) is 4.02. The SMILES string of the molecule is C=C1C=CCC(C)C(CCCC)c2ccccc21. The van der Waals surface area contributed by atoms with Crippen LogP contribution in [0.3, 0.4) is 0 Å². The molecule has 1 aliphatic rings.